The number of halogens is 1. The van der Waals surface area contributed by atoms with Crippen LogP contribution in [0.1, 0.15) is 16.1 Å². The van der Waals surface area contributed by atoms with Crippen LogP contribution in [0.25, 0.3) is 22.4 Å². The number of nitrogens with one attached hydrogen (secondary N) is 2. The van der Waals surface area contributed by atoms with E-state index < -0.39 is 11.7 Å². The molecule has 2 heterocycles. The molecule has 0 saturated carbocycles. The zero-order chi connectivity index (χ0) is 28.6. The zero-order valence-corrected chi connectivity index (χ0v) is 22.0. The number of hydrogen-bond acceptors (Lipinski definition) is 8. The van der Waals surface area contributed by atoms with Gasteiger partial charge in [-0.2, -0.15) is 5.26 Å². The fraction of sp³-hybridized carbons (Fsp3) is 0.172. The summed E-state index contributed by atoms with van der Waals surface area (Å²) >= 11 is 0. The first kappa shape index (κ1) is 28.0. The van der Waals surface area contributed by atoms with Gasteiger partial charge >= 0.3 is 0 Å². The Bertz CT molecular complexity index is 1560. The standard InChI is InChI=1S/C29H26FN5O5/c1-35(2)16-27(36)32-20-7-4-6-18(12-20)22-14-24(21-10-9-19(30)13-26(21)40-17-38-3)33-28(23(22)15-31)34-29(37)25-8-5-11-39-25/h4-14H,16-17H2,1-3H3,(H,32,36)(H,33,34,37). The first-order valence-electron chi connectivity index (χ1n) is 12.1. The third-order valence-corrected chi connectivity index (χ3v) is 5.58. The number of amides is 2. The fourth-order valence-electron chi connectivity index (χ4n) is 3.89. The number of nitrogens with zero attached hydrogens (tertiary/aromatic N) is 3. The van der Waals surface area contributed by atoms with Crippen LogP contribution in [0, 0.1) is 17.1 Å². The maximum atomic E-state index is 14.1. The molecule has 0 spiro atoms. The molecule has 2 amide bonds. The Morgan fingerprint density at radius 2 is 1.90 bits per heavy atom. The number of anilines is 2. The number of aromatic nitrogens is 1. The summed E-state index contributed by atoms with van der Waals surface area (Å²) in [6, 6.07) is 17.6. The number of benzene rings is 2. The summed E-state index contributed by atoms with van der Waals surface area (Å²) in [6.07, 6.45) is 1.35. The van der Waals surface area contributed by atoms with Gasteiger partial charge in [-0.1, -0.05) is 12.1 Å². The normalized spacial score (nSPS) is 10.7. The second kappa shape index (κ2) is 12.7. The average Bonchev–Trinajstić information content (AvgIpc) is 3.46. The van der Waals surface area contributed by atoms with Crippen LogP contribution >= 0.6 is 0 Å². The van der Waals surface area contributed by atoms with Gasteiger partial charge in [-0.05, 0) is 62.1 Å². The first-order valence-corrected chi connectivity index (χ1v) is 12.1. The Balaban J connectivity index is 1.86. The lowest BCUT2D eigenvalue weighted by atomic mass is 9.97. The van der Waals surface area contributed by atoms with Gasteiger partial charge in [0.1, 0.15) is 23.2 Å². The second-order valence-electron chi connectivity index (χ2n) is 8.88. The molecule has 10 nitrogen and oxygen atoms in total. The summed E-state index contributed by atoms with van der Waals surface area (Å²) in [5, 5.41) is 15.6. The molecule has 4 rings (SSSR count). The van der Waals surface area contributed by atoms with Crippen LogP contribution in [-0.2, 0) is 9.53 Å². The van der Waals surface area contributed by atoms with Crippen molar-refractivity contribution in [1.29, 1.82) is 5.26 Å². The molecule has 2 N–H and O–H groups in total. The van der Waals surface area contributed by atoms with E-state index in [0.717, 1.165) is 0 Å². The second-order valence-corrected chi connectivity index (χ2v) is 8.88. The molecule has 0 aliphatic heterocycles. The van der Waals surface area contributed by atoms with Gasteiger partial charge < -0.3 is 29.4 Å². The topological polar surface area (TPSA) is 130 Å². The van der Waals surface area contributed by atoms with E-state index in [1.807, 2.05) is 0 Å². The number of furan rings is 1. The van der Waals surface area contributed by atoms with E-state index in [1.165, 1.54) is 37.6 Å². The molecule has 11 heteroatoms. The number of pyridine rings is 1. The van der Waals surface area contributed by atoms with Crippen LogP contribution in [-0.4, -0.2) is 56.2 Å². The Morgan fingerprint density at radius 1 is 1.07 bits per heavy atom. The van der Waals surface area contributed by atoms with E-state index in [9.17, 15) is 19.2 Å². The van der Waals surface area contributed by atoms with E-state index >= 15 is 0 Å². The van der Waals surface area contributed by atoms with Crippen molar-refractivity contribution in [2.24, 2.45) is 0 Å². The summed E-state index contributed by atoms with van der Waals surface area (Å²) in [6.45, 7) is 0.0429. The van der Waals surface area contributed by atoms with E-state index in [0.29, 0.717) is 22.4 Å². The van der Waals surface area contributed by atoms with Gasteiger partial charge in [0.2, 0.25) is 5.91 Å². The highest BCUT2D eigenvalue weighted by molar-refractivity contribution is 6.03. The molecular formula is C29H26FN5O5. The molecule has 0 unspecified atom stereocenters. The number of ether oxygens (including phenoxy) is 2. The SMILES string of the molecule is COCOc1cc(F)ccc1-c1cc(-c2cccc(NC(=O)CN(C)C)c2)c(C#N)c(NC(=O)c2ccco2)n1. The predicted octanol–water partition coefficient (Wildman–Crippen LogP) is 4.75. The average molecular weight is 544 g/mol. The van der Waals surface area contributed by atoms with Gasteiger partial charge in [-0.25, -0.2) is 9.37 Å². The quantitative estimate of drug-likeness (QED) is 0.274. The minimum absolute atomic E-state index is 0.0224. The molecule has 2 aromatic carbocycles. The molecule has 2 aromatic heterocycles. The highest BCUT2D eigenvalue weighted by Gasteiger charge is 2.21. The van der Waals surface area contributed by atoms with Gasteiger partial charge in [-0.3, -0.25) is 9.59 Å². The smallest absolute Gasteiger partial charge is 0.292 e. The maximum Gasteiger partial charge on any atom is 0.292 e. The van der Waals surface area contributed by atoms with Crippen molar-refractivity contribution in [3.05, 3.63) is 84.1 Å². The van der Waals surface area contributed by atoms with Gasteiger partial charge in [0.25, 0.3) is 5.91 Å². The van der Waals surface area contributed by atoms with Crippen LogP contribution < -0.4 is 15.4 Å². The summed E-state index contributed by atoms with van der Waals surface area (Å²) in [7, 11) is 5.00. The van der Waals surface area contributed by atoms with Gasteiger partial charge in [0.15, 0.2) is 18.4 Å². The van der Waals surface area contributed by atoms with Crippen LogP contribution in [0.4, 0.5) is 15.9 Å². The largest absolute Gasteiger partial charge is 0.467 e. The highest BCUT2D eigenvalue weighted by Crippen LogP contribution is 2.37. The lowest BCUT2D eigenvalue weighted by molar-refractivity contribution is -0.116. The van der Waals surface area contributed by atoms with Crippen LogP contribution in [0.2, 0.25) is 0 Å². The summed E-state index contributed by atoms with van der Waals surface area (Å²) < 4.78 is 29.8. The molecule has 0 atom stereocenters. The van der Waals surface area contributed by atoms with Gasteiger partial charge in [0.05, 0.1) is 18.5 Å². The third-order valence-electron chi connectivity index (χ3n) is 5.58. The van der Waals surface area contributed by atoms with E-state index in [2.05, 4.69) is 21.7 Å². The highest BCUT2D eigenvalue weighted by atomic mass is 19.1. The summed E-state index contributed by atoms with van der Waals surface area (Å²) in [5.41, 5.74) is 2.25. The Labute approximate surface area is 230 Å². The molecule has 204 valence electrons. The lowest BCUT2D eigenvalue weighted by Gasteiger charge is -2.16. The molecule has 4 aromatic rings. The minimum Gasteiger partial charge on any atom is -0.467 e. The lowest BCUT2D eigenvalue weighted by Crippen LogP contribution is -2.27. The van der Waals surface area contributed by atoms with Crippen molar-refractivity contribution in [3.63, 3.8) is 0 Å². The van der Waals surface area contributed by atoms with Gasteiger partial charge in [-0.15, -0.1) is 0 Å². The van der Waals surface area contributed by atoms with Crippen LogP contribution in [0.3, 0.4) is 0 Å². The number of nitriles is 1. The fourth-order valence-corrected chi connectivity index (χ4v) is 3.89. The molecule has 0 radical (unpaired) electrons. The van der Waals surface area contributed by atoms with Crippen molar-refractivity contribution in [2.45, 2.75) is 0 Å². The third kappa shape index (κ3) is 6.68. The Morgan fingerprint density at radius 3 is 2.60 bits per heavy atom. The summed E-state index contributed by atoms with van der Waals surface area (Å²) in [5.74, 6) is -1.23. The predicted molar refractivity (Wildman–Crippen MR) is 146 cm³/mol. The Kier molecular flexibility index (Phi) is 8.86. The molecular weight excluding hydrogens is 517 g/mol. The minimum atomic E-state index is -0.614. The van der Waals surface area contributed by atoms with Gasteiger partial charge in [0, 0.05) is 30.0 Å². The van der Waals surface area contributed by atoms with Crippen LogP contribution in [0.5, 0.6) is 5.75 Å². The van der Waals surface area contributed by atoms with Crippen LogP contribution in [0.15, 0.2) is 71.3 Å². The number of rotatable bonds is 10. The van der Waals surface area contributed by atoms with E-state index in [4.69, 9.17) is 13.9 Å². The number of likely N-dealkylation sites (N-methyl/N-ethyl adjacent to an activating group) is 1. The molecule has 0 aliphatic carbocycles. The van der Waals surface area contributed by atoms with Crippen molar-refractivity contribution in [2.75, 3.05) is 45.2 Å². The number of carbonyl (C=O) groups is 2. The summed E-state index contributed by atoms with van der Waals surface area (Å²) in [4.78, 5) is 31.5. The van der Waals surface area contributed by atoms with E-state index in [1.54, 1.807) is 55.4 Å². The number of methoxy groups -OCH3 is 1. The number of carbonyl (C=O) groups excluding carboxylic acids is 2. The first-order chi connectivity index (χ1) is 19.3. The molecule has 0 saturated heterocycles. The van der Waals surface area contributed by atoms with E-state index in [-0.39, 0.29) is 47.8 Å². The molecule has 0 bridgehead atoms. The molecule has 0 aliphatic rings. The van der Waals surface area contributed by atoms with Crippen molar-refractivity contribution < 1.29 is 27.9 Å². The monoisotopic (exact) mass is 543 g/mol. The zero-order valence-electron chi connectivity index (χ0n) is 22.0. The molecule has 40 heavy (non-hydrogen) atoms. The Hall–Kier alpha value is -5.05. The van der Waals surface area contributed by atoms with Crippen molar-refractivity contribution in [3.8, 4) is 34.2 Å². The number of hydrogen-bond donors (Lipinski definition) is 2. The maximum absolute atomic E-state index is 14.1. The van der Waals surface area contributed by atoms with Crippen molar-refractivity contribution in [1.82, 2.24) is 9.88 Å². The molecule has 0 fully saturated rings. The van der Waals surface area contributed by atoms with Crippen molar-refractivity contribution >= 4 is 23.3 Å².